The highest BCUT2D eigenvalue weighted by Crippen LogP contribution is 2.23. The Balaban J connectivity index is 1.44. The van der Waals surface area contributed by atoms with Crippen LogP contribution in [0.4, 0.5) is 5.82 Å². The van der Waals surface area contributed by atoms with Gasteiger partial charge in [-0.3, -0.25) is 4.79 Å². The molecule has 6 nitrogen and oxygen atoms in total. The van der Waals surface area contributed by atoms with Crippen molar-refractivity contribution in [3.8, 4) is 0 Å². The number of benzene rings is 1. The highest BCUT2D eigenvalue weighted by Gasteiger charge is 2.23. The number of nitrogens with zero attached hydrogens (tertiary/aromatic N) is 2. The lowest BCUT2D eigenvalue weighted by molar-refractivity contribution is 0.0686. The molecule has 1 aliphatic heterocycles. The molecule has 0 aliphatic carbocycles. The molecular formula is C22H29N3O3. The molecule has 1 atom stereocenters. The van der Waals surface area contributed by atoms with Crippen LogP contribution in [0.3, 0.4) is 0 Å². The van der Waals surface area contributed by atoms with Gasteiger partial charge in [0.05, 0.1) is 18.3 Å². The maximum atomic E-state index is 12.7. The van der Waals surface area contributed by atoms with Crippen LogP contribution in [-0.4, -0.2) is 58.3 Å². The number of hydrogen-bond donors (Lipinski definition) is 3. The van der Waals surface area contributed by atoms with Crippen LogP contribution in [0.25, 0.3) is 0 Å². The molecule has 2 aromatic rings. The van der Waals surface area contributed by atoms with Gasteiger partial charge in [-0.15, -0.1) is 0 Å². The zero-order valence-electron chi connectivity index (χ0n) is 16.1. The van der Waals surface area contributed by atoms with Crippen LogP contribution in [0.15, 0.2) is 48.7 Å². The fraction of sp³-hybridized carbons (Fsp3) is 0.455. The molecule has 150 valence electrons. The number of aryl methyl sites for hydroxylation is 1. The predicted octanol–water partition coefficient (Wildman–Crippen LogP) is 2.33. The summed E-state index contributed by atoms with van der Waals surface area (Å²) in [6, 6.07) is 14.0. The van der Waals surface area contributed by atoms with Crippen LogP contribution in [0, 0.1) is 5.92 Å². The monoisotopic (exact) mass is 383 g/mol. The fourth-order valence-electron chi connectivity index (χ4n) is 3.53. The number of rotatable bonds is 8. The largest absolute Gasteiger partial charge is 0.394 e. The molecule has 1 aliphatic rings. The first kappa shape index (κ1) is 20.3. The maximum absolute atomic E-state index is 12.7. The van der Waals surface area contributed by atoms with Crippen molar-refractivity contribution in [1.29, 1.82) is 0 Å². The topological polar surface area (TPSA) is 85.7 Å². The van der Waals surface area contributed by atoms with Crippen molar-refractivity contribution in [3.63, 3.8) is 0 Å². The summed E-state index contributed by atoms with van der Waals surface area (Å²) in [6.07, 6.45) is 5.11. The average molecular weight is 383 g/mol. The second-order valence-corrected chi connectivity index (χ2v) is 7.41. The van der Waals surface area contributed by atoms with Crippen LogP contribution in [0.1, 0.15) is 35.2 Å². The summed E-state index contributed by atoms with van der Waals surface area (Å²) in [5.41, 5.74) is 1.96. The van der Waals surface area contributed by atoms with E-state index in [1.165, 1.54) is 12.0 Å². The maximum Gasteiger partial charge on any atom is 0.255 e. The molecule has 1 aromatic carbocycles. The first-order valence-corrected chi connectivity index (χ1v) is 9.97. The van der Waals surface area contributed by atoms with Gasteiger partial charge in [0.25, 0.3) is 5.91 Å². The predicted molar refractivity (Wildman–Crippen MR) is 109 cm³/mol. The zero-order valence-corrected chi connectivity index (χ0v) is 16.1. The summed E-state index contributed by atoms with van der Waals surface area (Å²) in [4.78, 5) is 18.8. The molecule has 3 rings (SSSR count). The minimum absolute atomic E-state index is 0.0240. The third-order valence-corrected chi connectivity index (χ3v) is 5.33. The van der Waals surface area contributed by atoms with Crippen LogP contribution < -0.4 is 5.32 Å². The number of aromatic nitrogens is 1. The van der Waals surface area contributed by atoms with Crippen molar-refractivity contribution in [2.45, 2.75) is 31.8 Å². The number of amides is 1. The Bertz CT molecular complexity index is 728. The number of pyridine rings is 1. The van der Waals surface area contributed by atoms with Gasteiger partial charge in [-0.1, -0.05) is 30.3 Å². The van der Waals surface area contributed by atoms with Gasteiger partial charge in [0, 0.05) is 25.8 Å². The van der Waals surface area contributed by atoms with Gasteiger partial charge in [0.15, 0.2) is 0 Å². The number of hydrogen-bond acceptors (Lipinski definition) is 5. The van der Waals surface area contributed by atoms with E-state index in [1.54, 1.807) is 18.3 Å². The van der Waals surface area contributed by atoms with E-state index in [4.69, 9.17) is 5.11 Å². The van der Waals surface area contributed by atoms with Crippen molar-refractivity contribution >= 4 is 11.7 Å². The number of aliphatic hydroxyl groups excluding tert-OH is 2. The van der Waals surface area contributed by atoms with Crippen LogP contribution in [0.5, 0.6) is 0 Å². The second kappa shape index (κ2) is 10.2. The van der Waals surface area contributed by atoms with Gasteiger partial charge in [0.2, 0.25) is 0 Å². The third-order valence-electron chi connectivity index (χ3n) is 5.33. The van der Waals surface area contributed by atoms with E-state index in [2.05, 4.69) is 34.6 Å². The van der Waals surface area contributed by atoms with Gasteiger partial charge in [-0.05, 0) is 49.3 Å². The first-order chi connectivity index (χ1) is 13.7. The molecule has 0 spiro atoms. The van der Waals surface area contributed by atoms with E-state index in [0.717, 1.165) is 32.4 Å². The molecule has 1 saturated heterocycles. The van der Waals surface area contributed by atoms with E-state index in [-0.39, 0.29) is 19.1 Å². The fourth-order valence-corrected chi connectivity index (χ4v) is 3.53. The van der Waals surface area contributed by atoms with Gasteiger partial charge in [-0.2, -0.15) is 0 Å². The first-order valence-electron chi connectivity index (χ1n) is 9.97. The van der Waals surface area contributed by atoms with E-state index >= 15 is 0 Å². The van der Waals surface area contributed by atoms with Gasteiger partial charge in [0.1, 0.15) is 5.82 Å². The Labute approximate surface area is 166 Å². The van der Waals surface area contributed by atoms with Crippen molar-refractivity contribution in [3.05, 3.63) is 59.8 Å². The smallest absolute Gasteiger partial charge is 0.255 e. The molecule has 0 radical (unpaired) electrons. The zero-order chi connectivity index (χ0) is 19.8. The molecule has 1 fully saturated rings. The van der Waals surface area contributed by atoms with E-state index in [9.17, 15) is 9.90 Å². The Kier molecular flexibility index (Phi) is 7.39. The second-order valence-electron chi connectivity index (χ2n) is 7.41. The van der Waals surface area contributed by atoms with Crippen molar-refractivity contribution in [1.82, 2.24) is 9.88 Å². The van der Waals surface area contributed by atoms with E-state index in [1.807, 2.05) is 11.0 Å². The lowest BCUT2D eigenvalue weighted by Gasteiger charge is -2.32. The Morgan fingerprint density at radius 3 is 2.57 bits per heavy atom. The molecule has 1 amide bonds. The van der Waals surface area contributed by atoms with Crippen LogP contribution >= 0.6 is 0 Å². The van der Waals surface area contributed by atoms with E-state index in [0.29, 0.717) is 17.3 Å². The Morgan fingerprint density at radius 2 is 1.93 bits per heavy atom. The SMILES string of the molecule is O=C(c1ccc(NCC(O)CO)nc1)N1CCC(CCc2ccccc2)CC1. The van der Waals surface area contributed by atoms with Crippen molar-refractivity contribution in [2.24, 2.45) is 5.92 Å². The molecular weight excluding hydrogens is 354 g/mol. The summed E-state index contributed by atoms with van der Waals surface area (Å²) in [7, 11) is 0. The Hall–Kier alpha value is -2.44. The molecule has 6 heteroatoms. The molecule has 0 bridgehead atoms. The summed E-state index contributed by atoms with van der Waals surface area (Å²) >= 11 is 0. The normalized spacial score (nSPS) is 16.0. The number of carbonyl (C=O) groups excluding carboxylic acids is 1. The highest BCUT2D eigenvalue weighted by molar-refractivity contribution is 5.94. The standard InChI is InChI=1S/C22H29N3O3/c26-16-20(27)15-24-21-9-8-19(14-23-21)22(28)25-12-10-18(11-13-25)7-6-17-4-2-1-3-5-17/h1-5,8-9,14,18,20,26-27H,6-7,10-13,15-16H2,(H,23,24). The highest BCUT2D eigenvalue weighted by atomic mass is 16.3. The summed E-state index contributed by atoms with van der Waals surface area (Å²) in [5.74, 6) is 1.27. The number of piperidine rings is 1. The minimum Gasteiger partial charge on any atom is -0.394 e. The lowest BCUT2D eigenvalue weighted by atomic mass is 9.90. The molecule has 3 N–H and O–H groups in total. The number of nitrogens with one attached hydrogen (secondary N) is 1. The number of anilines is 1. The molecule has 1 unspecified atom stereocenters. The molecule has 1 aromatic heterocycles. The molecule has 2 heterocycles. The average Bonchev–Trinajstić information content (AvgIpc) is 2.77. The molecule has 0 saturated carbocycles. The number of aliphatic hydroxyl groups is 2. The van der Waals surface area contributed by atoms with Crippen molar-refractivity contribution < 1.29 is 15.0 Å². The third kappa shape index (κ3) is 5.78. The van der Waals surface area contributed by atoms with Crippen LogP contribution in [-0.2, 0) is 6.42 Å². The van der Waals surface area contributed by atoms with Gasteiger partial charge in [-0.25, -0.2) is 4.98 Å². The number of likely N-dealkylation sites (tertiary alicyclic amines) is 1. The molecule has 28 heavy (non-hydrogen) atoms. The minimum atomic E-state index is -0.828. The quantitative estimate of drug-likeness (QED) is 0.651. The van der Waals surface area contributed by atoms with E-state index < -0.39 is 6.10 Å². The van der Waals surface area contributed by atoms with Gasteiger partial charge < -0.3 is 20.4 Å². The lowest BCUT2D eigenvalue weighted by Crippen LogP contribution is -2.38. The van der Waals surface area contributed by atoms with Gasteiger partial charge >= 0.3 is 0 Å². The number of carbonyl (C=O) groups is 1. The summed E-state index contributed by atoms with van der Waals surface area (Å²) < 4.78 is 0. The van der Waals surface area contributed by atoms with Crippen LogP contribution in [0.2, 0.25) is 0 Å². The summed E-state index contributed by atoms with van der Waals surface area (Å²) in [6.45, 7) is 1.50. The Morgan fingerprint density at radius 1 is 1.18 bits per heavy atom. The summed E-state index contributed by atoms with van der Waals surface area (Å²) in [5, 5.41) is 21.1. The van der Waals surface area contributed by atoms with Crippen molar-refractivity contribution in [2.75, 3.05) is 31.6 Å².